The van der Waals surface area contributed by atoms with Crippen molar-refractivity contribution in [3.8, 4) is 0 Å². The largest absolute Gasteiger partial charge is 0.478 e. The van der Waals surface area contributed by atoms with E-state index in [2.05, 4.69) is 18.7 Å². The van der Waals surface area contributed by atoms with Crippen molar-refractivity contribution >= 4 is 5.97 Å². The van der Waals surface area contributed by atoms with Gasteiger partial charge in [-0.2, -0.15) is 0 Å². The van der Waals surface area contributed by atoms with E-state index in [0.29, 0.717) is 0 Å². The fourth-order valence-corrected chi connectivity index (χ4v) is 1.78. The molecule has 2 bridgehead atoms. The number of aliphatic hydroxyl groups excluding tert-OH is 1. The summed E-state index contributed by atoms with van der Waals surface area (Å²) in [5.41, 5.74) is -0.181. The molecule has 2 N–H and O–H groups in total. The zero-order valence-electron chi connectivity index (χ0n) is 8.15. The van der Waals surface area contributed by atoms with Gasteiger partial charge < -0.3 is 10.2 Å². The summed E-state index contributed by atoms with van der Waals surface area (Å²) in [6.07, 6.45) is 9.19. The Labute approximate surface area is 83.8 Å². The number of rotatable bonds is 2. The lowest BCUT2D eigenvalue weighted by Crippen LogP contribution is -2.01. The first-order valence-corrected chi connectivity index (χ1v) is 4.83. The molecule has 2 rings (SSSR count). The maximum absolute atomic E-state index is 9.67. The Morgan fingerprint density at radius 1 is 1.36 bits per heavy atom. The van der Waals surface area contributed by atoms with Crippen LogP contribution in [-0.4, -0.2) is 22.8 Å². The lowest BCUT2D eigenvalue weighted by atomic mass is 10.1. The molecular weight excluding hydrogens is 180 g/mol. The van der Waals surface area contributed by atoms with Crippen LogP contribution in [0.2, 0.25) is 0 Å². The lowest BCUT2D eigenvalue weighted by Gasteiger charge is -1.96. The summed E-state index contributed by atoms with van der Waals surface area (Å²) < 4.78 is 0. The minimum atomic E-state index is -1.15. The third-order valence-electron chi connectivity index (χ3n) is 2.66. The Hall–Kier alpha value is -1.09. The quantitative estimate of drug-likeness (QED) is 0.521. The second kappa shape index (κ2) is 4.96. The van der Waals surface area contributed by atoms with Crippen LogP contribution in [0.4, 0.5) is 0 Å². The van der Waals surface area contributed by atoms with Gasteiger partial charge in [0, 0.05) is 0 Å². The van der Waals surface area contributed by atoms with Crippen molar-refractivity contribution in [3.63, 3.8) is 0 Å². The van der Waals surface area contributed by atoms with Gasteiger partial charge in [-0.25, -0.2) is 4.79 Å². The van der Waals surface area contributed by atoms with Crippen molar-refractivity contribution < 1.29 is 15.0 Å². The number of carboxylic acids is 1. The molecule has 0 aliphatic heterocycles. The highest BCUT2D eigenvalue weighted by Gasteiger charge is 2.25. The molecule has 2 atom stereocenters. The number of carboxylic acid groups (broad SMARTS) is 1. The van der Waals surface area contributed by atoms with Gasteiger partial charge in [0.05, 0.1) is 12.2 Å². The van der Waals surface area contributed by atoms with Gasteiger partial charge in [-0.15, -0.1) is 0 Å². The molecule has 3 nitrogen and oxygen atoms in total. The number of allylic oxidation sites excluding steroid dienone is 2. The predicted molar refractivity (Wildman–Crippen MR) is 53.8 cm³/mol. The summed E-state index contributed by atoms with van der Waals surface area (Å²) in [6.45, 7) is 2.55. The molecule has 78 valence electrons. The Morgan fingerprint density at radius 2 is 1.86 bits per heavy atom. The smallest absolute Gasteiger partial charge is 0.333 e. The highest BCUT2D eigenvalue weighted by molar-refractivity contribution is 5.85. The van der Waals surface area contributed by atoms with Crippen LogP contribution in [0.25, 0.3) is 0 Å². The third-order valence-corrected chi connectivity index (χ3v) is 2.66. The van der Waals surface area contributed by atoms with Gasteiger partial charge in [-0.1, -0.05) is 18.7 Å². The van der Waals surface area contributed by atoms with Gasteiger partial charge in [0.25, 0.3) is 0 Å². The number of carbonyl (C=O) groups is 1. The minimum Gasteiger partial charge on any atom is -0.478 e. The molecular formula is C11H16O3. The van der Waals surface area contributed by atoms with Crippen LogP contribution >= 0.6 is 0 Å². The van der Waals surface area contributed by atoms with Crippen LogP contribution in [0.15, 0.2) is 24.3 Å². The topological polar surface area (TPSA) is 57.5 Å². The van der Waals surface area contributed by atoms with Crippen LogP contribution in [0, 0.1) is 11.8 Å². The van der Waals surface area contributed by atoms with E-state index >= 15 is 0 Å². The number of hydrogen-bond acceptors (Lipinski definition) is 2. The molecule has 0 aromatic carbocycles. The van der Waals surface area contributed by atoms with Crippen molar-refractivity contribution in [3.05, 3.63) is 24.3 Å². The summed E-state index contributed by atoms with van der Waals surface area (Å²) in [5.74, 6) is 0.831. The van der Waals surface area contributed by atoms with E-state index in [1.165, 1.54) is 19.3 Å². The van der Waals surface area contributed by atoms with Crippen molar-refractivity contribution in [2.24, 2.45) is 11.8 Å². The van der Waals surface area contributed by atoms with Crippen molar-refractivity contribution in [2.75, 3.05) is 6.61 Å². The second-order valence-electron chi connectivity index (χ2n) is 3.78. The summed E-state index contributed by atoms with van der Waals surface area (Å²) in [7, 11) is 0. The number of hydrogen-bond donors (Lipinski definition) is 2. The van der Waals surface area contributed by atoms with Gasteiger partial charge in [-0.05, 0) is 31.1 Å². The van der Waals surface area contributed by atoms with E-state index < -0.39 is 12.6 Å². The molecule has 0 aromatic heterocycles. The zero-order valence-corrected chi connectivity index (χ0v) is 8.15. The number of aliphatic hydroxyl groups is 1. The molecule has 1 fully saturated rings. The first-order chi connectivity index (χ1) is 6.63. The van der Waals surface area contributed by atoms with Crippen LogP contribution in [0.5, 0.6) is 0 Å². The van der Waals surface area contributed by atoms with E-state index in [-0.39, 0.29) is 5.57 Å². The molecule has 0 amide bonds. The van der Waals surface area contributed by atoms with Crippen LogP contribution < -0.4 is 0 Å². The Morgan fingerprint density at radius 3 is 1.93 bits per heavy atom. The molecule has 0 radical (unpaired) electrons. The fraction of sp³-hybridized carbons (Fsp3) is 0.545. The summed E-state index contributed by atoms with van der Waals surface area (Å²) in [4.78, 5) is 9.67. The average Bonchev–Trinajstić information content (AvgIpc) is 2.80. The fourth-order valence-electron chi connectivity index (χ4n) is 1.78. The van der Waals surface area contributed by atoms with E-state index in [9.17, 15) is 4.79 Å². The van der Waals surface area contributed by atoms with E-state index in [4.69, 9.17) is 10.2 Å². The minimum absolute atomic E-state index is 0.181. The molecule has 2 unspecified atom stereocenters. The highest BCUT2D eigenvalue weighted by atomic mass is 16.4. The maximum Gasteiger partial charge on any atom is 0.333 e. The molecule has 3 heteroatoms. The SMILES string of the molecule is C1=CC2CCC1C2.C=C(CO)C(=O)O. The average molecular weight is 196 g/mol. The Balaban J connectivity index is 0.000000140. The highest BCUT2D eigenvalue weighted by Crippen LogP contribution is 2.38. The van der Waals surface area contributed by atoms with E-state index in [1.807, 2.05) is 0 Å². The molecule has 0 heterocycles. The predicted octanol–water partition coefficient (Wildman–Crippen LogP) is 1.59. The molecule has 0 aromatic rings. The summed E-state index contributed by atoms with van der Waals surface area (Å²) >= 11 is 0. The van der Waals surface area contributed by atoms with E-state index in [1.54, 1.807) is 0 Å². The Kier molecular flexibility index (Phi) is 3.89. The number of fused-ring (bicyclic) bond motifs is 2. The molecule has 0 saturated heterocycles. The molecule has 2 aliphatic carbocycles. The number of aliphatic carboxylic acids is 1. The third kappa shape index (κ3) is 3.00. The zero-order chi connectivity index (χ0) is 10.6. The Bertz CT molecular complexity index is 243. The first-order valence-electron chi connectivity index (χ1n) is 4.83. The molecule has 2 aliphatic rings. The normalized spacial score (nSPS) is 26.9. The van der Waals surface area contributed by atoms with Gasteiger partial charge in [0.15, 0.2) is 0 Å². The van der Waals surface area contributed by atoms with E-state index in [0.717, 1.165) is 11.8 Å². The van der Waals surface area contributed by atoms with Crippen molar-refractivity contribution in [2.45, 2.75) is 19.3 Å². The van der Waals surface area contributed by atoms with Gasteiger partial charge in [-0.3, -0.25) is 0 Å². The molecule has 14 heavy (non-hydrogen) atoms. The van der Waals surface area contributed by atoms with Crippen molar-refractivity contribution in [1.82, 2.24) is 0 Å². The van der Waals surface area contributed by atoms with Crippen LogP contribution in [-0.2, 0) is 4.79 Å². The second-order valence-corrected chi connectivity index (χ2v) is 3.78. The summed E-state index contributed by atoms with van der Waals surface area (Å²) in [5, 5.41) is 15.9. The molecule has 0 spiro atoms. The van der Waals surface area contributed by atoms with Crippen LogP contribution in [0.3, 0.4) is 0 Å². The molecule has 1 saturated carbocycles. The van der Waals surface area contributed by atoms with Crippen LogP contribution in [0.1, 0.15) is 19.3 Å². The van der Waals surface area contributed by atoms with Gasteiger partial charge >= 0.3 is 5.97 Å². The standard InChI is InChI=1S/C7H10.C4H6O3/c1-2-7-4-3-6(1)5-7;1-3(2-5)4(6)7/h1-2,6-7H,3-5H2;5H,1-2H2,(H,6,7). The van der Waals surface area contributed by atoms with Gasteiger partial charge in [0.2, 0.25) is 0 Å². The van der Waals surface area contributed by atoms with Gasteiger partial charge in [0.1, 0.15) is 0 Å². The lowest BCUT2D eigenvalue weighted by molar-refractivity contribution is -0.133. The monoisotopic (exact) mass is 196 g/mol. The maximum atomic E-state index is 9.67. The van der Waals surface area contributed by atoms with Crippen molar-refractivity contribution in [1.29, 1.82) is 0 Å². The summed E-state index contributed by atoms with van der Waals surface area (Å²) in [6, 6.07) is 0. The first kappa shape index (κ1) is 11.0.